The molecule has 0 radical (unpaired) electrons. The maximum atomic E-state index is 6.35. The lowest BCUT2D eigenvalue weighted by molar-refractivity contribution is -0.0255. The number of methoxy groups -OCH3 is 1. The molecule has 4 heteroatoms. The second kappa shape index (κ2) is 6.70. The van der Waals surface area contributed by atoms with Gasteiger partial charge in [0.2, 0.25) is 0 Å². The Morgan fingerprint density at radius 1 is 1.11 bits per heavy atom. The number of allylic oxidation sites excluding steroid dienone is 2. The van der Waals surface area contributed by atoms with Crippen LogP contribution in [0.5, 0.6) is 5.75 Å². The minimum Gasteiger partial charge on any atom is -0.497 e. The monoisotopic (exact) mass is 363 g/mol. The highest BCUT2D eigenvalue weighted by Gasteiger charge is 2.41. The predicted octanol–water partition coefficient (Wildman–Crippen LogP) is 4.30. The molecule has 5 rings (SSSR count). The van der Waals surface area contributed by atoms with E-state index in [0.29, 0.717) is 12.0 Å². The molecule has 140 valence electrons. The standard InChI is InChI=1S/C23H25NO3/c1-15-19-13-17-5-3-4-6-20(17)24-11-12-26-14-21(24)22(19)23(27-15)16-7-9-18(25-2)10-8-16/h3-10,17,20-21H,11-14H2,1-2H3/t17?,20?,21-/m0/s1. The summed E-state index contributed by atoms with van der Waals surface area (Å²) in [6, 6.07) is 8.83. The molecule has 1 aromatic heterocycles. The van der Waals surface area contributed by atoms with Crippen molar-refractivity contribution in [3.05, 3.63) is 65.5 Å². The number of fused-ring (bicyclic) bond motifs is 5. The highest BCUT2D eigenvalue weighted by molar-refractivity contribution is 5.66. The molecule has 2 aromatic rings. The summed E-state index contributed by atoms with van der Waals surface area (Å²) in [6.07, 6.45) is 10.1. The maximum absolute atomic E-state index is 6.35. The first kappa shape index (κ1) is 16.8. The fourth-order valence-corrected chi connectivity index (χ4v) is 4.80. The molecular formula is C23H25NO3. The first-order valence-corrected chi connectivity index (χ1v) is 9.71. The Bertz CT molecular complexity index is 893. The maximum Gasteiger partial charge on any atom is 0.139 e. The Morgan fingerprint density at radius 3 is 2.74 bits per heavy atom. The van der Waals surface area contributed by atoms with Crippen molar-refractivity contribution in [3.63, 3.8) is 0 Å². The van der Waals surface area contributed by atoms with E-state index in [0.717, 1.165) is 49.0 Å². The van der Waals surface area contributed by atoms with E-state index in [1.54, 1.807) is 7.11 Å². The summed E-state index contributed by atoms with van der Waals surface area (Å²) in [4.78, 5) is 2.61. The van der Waals surface area contributed by atoms with E-state index < -0.39 is 0 Å². The third-order valence-electron chi connectivity index (χ3n) is 6.14. The third kappa shape index (κ3) is 2.75. The van der Waals surface area contributed by atoms with Crippen LogP contribution in [-0.4, -0.2) is 37.8 Å². The van der Waals surface area contributed by atoms with Crippen LogP contribution in [0.15, 0.2) is 53.0 Å². The smallest absolute Gasteiger partial charge is 0.139 e. The van der Waals surface area contributed by atoms with Gasteiger partial charge in [-0.2, -0.15) is 0 Å². The molecule has 3 heterocycles. The van der Waals surface area contributed by atoms with Gasteiger partial charge in [-0.3, -0.25) is 4.90 Å². The van der Waals surface area contributed by atoms with Crippen LogP contribution in [0, 0.1) is 12.8 Å². The van der Waals surface area contributed by atoms with Crippen LogP contribution in [0.2, 0.25) is 0 Å². The van der Waals surface area contributed by atoms with Gasteiger partial charge < -0.3 is 13.9 Å². The van der Waals surface area contributed by atoms with Crippen LogP contribution in [-0.2, 0) is 11.2 Å². The van der Waals surface area contributed by atoms with Crippen molar-refractivity contribution < 1.29 is 13.9 Å². The average Bonchev–Trinajstić information content (AvgIpc) is 2.96. The van der Waals surface area contributed by atoms with Crippen molar-refractivity contribution >= 4 is 0 Å². The lowest BCUT2D eigenvalue weighted by Crippen LogP contribution is -2.47. The summed E-state index contributed by atoms with van der Waals surface area (Å²) in [5, 5.41) is 0. The van der Waals surface area contributed by atoms with Crippen molar-refractivity contribution in [3.8, 4) is 17.1 Å². The molecule has 1 fully saturated rings. The molecule has 0 spiro atoms. The predicted molar refractivity (Wildman–Crippen MR) is 105 cm³/mol. The van der Waals surface area contributed by atoms with E-state index in [9.17, 15) is 0 Å². The quantitative estimate of drug-likeness (QED) is 0.797. The molecule has 0 amide bonds. The number of ether oxygens (including phenoxy) is 2. The van der Waals surface area contributed by atoms with Gasteiger partial charge in [0, 0.05) is 29.6 Å². The number of benzene rings is 1. The zero-order chi connectivity index (χ0) is 18.4. The largest absolute Gasteiger partial charge is 0.497 e. The molecule has 2 aliphatic heterocycles. The lowest BCUT2D eigenvalue weighted by Gasteiger charge is -2.41. The van der Waals surface area contributed by atoms with Crippen molar-refractivity contribution in [2.24, 2.45) is 5.92 Å². The molecule has 0 N–H and O–H groups in total. The summed E-state index contributed by atoms with van der Waals surface area (Å²) in [5.74, 6) is 3.36. The fourth-order valence-electron chi connectivity index (χ4n) is 4.80. The normalized spacial score (nSPS) is 26.8. The number of morpholine rings is 1. The summed E-state index contributed by atoms with van der Waals surface area (Å²) < 4.78 is 17.6. The third-order valence-corrected chi connectivity index (χ3v) is 6.14. The van der Waals surface area contributed by atoms with Crippen LogP contribution in [0.25, 0.3) is 11.3 Å². The van der Waals surface area contributed by atoms with Gasteiger partial charge in [-0.1, -0.05) is 24.3 Å². The van der Waals surface area contributed by atoms with Crippen molar-refractivity contribution in [1.82, 2.24) is 4.90 Å². The number of hydrogen-bond acceptors (Lipinski definition) is 4. The van der Waals surface area contributed by atoms with Gasteiger partial charge in [0.05, 0.1) is 26.4 Å². The van der Waals surface area contributed by atoms with E-state index in [4.69, 9.17) is 13.9 Å². The topological polar surface area (TPSA) is 34.8 Å². The minimum atomic E-state index is 0.231. The molecule has 4 nitrogen and oxygen atoms in total. The van der Waals surface area contributed by atoms with E-state index in [1.165, 1.54) is 11.1 Å². The molecule has 27 heavy (non-hydrogen) atoms. The number of rotatable bonds is 2. The van der Waals surface area contributed by atoms with Crippen molar-refractivity contribution in [2.75, 3.05) is 26.9 Å². The lowest BCUT2D eigenvalue weighted by atomic mass is 9.88. The second-order valence-electron chi connectivity index (χ2n) is 7.57. The average molecular weight is 363 g/mol. The first-order chi connectivity index (χ1) is 13.3. The van der Waals surface area contributed by atoms with Gasteiger partial charge in [0.15, 0.2) is 0 Å². The Balaban J connectivity index is 1.65. The summed E-state index contributed by atoms with van der Waals surface area (Å²) in [6.45, 7) is 4.57. The van der Waals surface area contributed by atoms with Crippen LogP contribution < -0.4 is 4.74 Å². The zero-order valence-corrected chi connectivity index (χ0v) is 15.9. The SMILES string of the molecule is COc1ccc(-c2oc(C)c3c2[C@@H]2COCCN2C2C=CC=CC2C3)cc1. The molecule has 3 aliphatic rings. The number of furan rings is 1. The van der Waals surface area contributed by atoms with Gasteiger partial charge in [0.1, 0.15) is 17.3 Å². The van der Waals surface area contributed by atoms with Gasteiger partial charge in [-0.15, -0.1) is 0 Å². The summed E-state index contributed by atoms with van der Waals surface area (Å²) >= 11 is 0. The molecule has 3 atom stereocenters. The number of hydrogen-bond donors (Lipinski definition) is 0. The Morgan fingerprint density at radius 2 is 1.93 bits per heavy atom. The van der Waals surface area contributed by atoms with Gasteiger partial charge >= 0.3 is 0 Å². The van der Waals surface area contributed by atoms with Crippen LogP contribution in [0.4, 0.5) is 0 Å². The molecule has 2 unspecified atom stereocenters. The molecule has 1 aliphatic carbocycles. The van der Waals surface area contributed by atoms with Crippen molar-refractivity contribution in [2.45, 2.75) is 25.4 Å². The molecule has 1 saturated heterocycles. The Kier molecular flexibility index (Phi) is 4.18. The summed E-state index contributed by atoms with van der Waals surface area (Å²) in [7, 11) is 1.69. The molecule has 0 bridgehead atoms. The van der Waals surface area contributed by atoms with E-state index in [2.05, 4.69) is 48.3 Å². The Labute approximate surface area is 160 Å². The van der Waals surface area contributed by atoms with Crippen LogP contribution in [0.3, 0.4) is 0 Å². The van der Waals surface area contributed by atoms with Crippen molar-refractivity contribution in [1.29, 1.82) is 0 Å². The van der Waals surface area contributed by atoms with E-state index >= 15 is 0 Å². The zero-order valence-electron chi connectivity index (χ0n) is 15.9. The Hall–Kier alpha value is -2.30. The summed E-state index contributed by atoms with van der Waals surface area (Å²) in [5.41, 5.74) is 3.77. The van der Waals surface area contributed by atoms with Crippen LogP contribution in [0.1, 0.15) is 22.9 Å². The molecular weight excluding hydrogens is 338 g/mol. The first-order valence-electron chi connectivity index (χ1n) is 9.71. The van der Waals surface area contributed by atoms with Crippen LogP contribution >= 0.6 is 0 Å². The van der Waals surface area contributed by atoms with E-state index in [-0.39, 0.29) is 6.04 Å². The highest BCUT2D eigenvalue weighted by atomic mass is 16.5. The fraction of sp³-hybridized carbons (Fsp3) is 0.391. The number of aryl methyl sites for hydroxylation is 1. The van der Waals surface area contributed by atoms with Gasteiger partial charge in [-0.05, 0) is 43.2 Å². The molecule has 0 saturated carbocycles. The second-order valence-corrected chi connectivity index (χ2v) is 7.57. The molecule has 1 aromatic carbocycles. The number of nitrogens with zero attached hydrogens (tertiary/aromatic N) is 1. The highest BCUT2D eigenvalue weighted by Crippen LogP contribution is 2.45. The van der Waals surface area contributed by atoms with E-state index in [1.807, 2.05) is 12.1 Å². The van der Waals surface area contributed by atoms with Gasteiger partial charge in [0.25, 0.3) is 0 Å². The van der Waals surface area contributed by atoms with Gasteiger partial charge in [-0.25, -0.2) is 0 Å². The minimum absolute atomic E-state index is 0.231.